The van der Waals surface area contributed by atoms with Crippen LogP contribution in [0.15, 0.2) is 102 Å². The van der Waals surface area contributed by atoms with E-state index in [1.165, 1.54) is 0 Å². The quantitative estimate of drug-likeness (QED) is 0.175. The standard InChI is InChI=1S/C33H34Cl2N4O3S/c1-36-29-7-5-6-26(18-29)23-10-12-24(13-11-23)32(22-37-33(40)38-30-20-27(34)19-28(35)21-30)25-14-16-39(17-15-25)43(41,42)31-8-3-2-4-9-31/h2-13,18-21,25,32,36H,14-17,22H2,1H3,(H2,37,38,40). The van der Waals surface area contributed by atoms with Crippen LogP contribution < -0.4 is 16.0 Å². The third kappa shape index (κ3) is 7.70. The largest absolute Gasteiger partial charge is 0.388 e. The predicted molar refractivity (Wildman–Crippen MR) is 176 cm³/mol. The molecule has 3 N–H and O–H groups in total. The summed E-state index contributed by atoms with van der Waals surface area (Å²) in [4.78, 5) is 13.2. The highest BCUT2D eigenvalue weighted by atomic mass is 35.5. The summed E-state index contributed by atoms with van der Waals surface area (Å²) in [7, 11) is -1.66. The number of anilines is 2. The van der Waals surface area contributed by atoms with E-state index < -0.39 is 10.0 Å². The first-order valence-electron chi connectivity index (χ1n) is 14.2. The Kier molecular flexibility index (Phi) is 9.93. The third-order valence-corrected chi connectivity index (χ3v) is 10.2. The Balaban J connectivity index is 1.33. The van der Waals surface area contributed by atoms with Crippen LogP contribution in [0.5, 0.6) is 0 Å². The molecule has 7 nitrogen and oxygen atoms in total. The van der Waals surface area contributed by atoms with E-state index >= 15 is 0 Å². The summed E-state index contributed by atoms with van der Waals surface area (Å²) >= 11 is 12.2. The SMILES string of the molecule is CNc1cccc(-c2ccc(C(CNC(=O)Nc3cc(Cl)cc(Cl)c3)C3CCN(S(=O)(=O)c4ccccc4)CC3)cc2)c1. The average molecular weight is 638 g/mol. The lowest BCUT2D eigenvalue weighted by Crippen LogP contribution is -2.42. The molecule has 1 saturated heterocycles. The number of piperidine rings is 1. The van der Waals surface area contributed by atoms with Crippen molar-refractivity contribution in [3.05, 3.63) is 113 Å². The van der Waals surface area contributed by atoms with Crippen LogP contribution in [0.1, 0.15) is 24.3 Å². The molecule has 10 heteroatoms. The first-order valence-corrected chi connectivity index (χ1v) is 16.4. The average Bonchev–Trinajstić information content (AvgIpc) is 3.01. The van der Waals surface area contributed by atoms with E-state index in [-0.39, 0.29) is 17.9 Å². The summed E-state index contributed by atoms with van der Waals surface area (Å²) in [5.74, 6) is 0.148. The van der Waals surface area contributed by atoms with Crippen molar-refractivity contribution in [2.24, 2.45) is 5.92 Å². The number of nitrogens with one attached hydrogen (secondary N) is 3. The van der Waals surface area contributed by atoms with Gasteiger partial charge in [-0.15, -0.1) is 0 Å². The first kappa shape index (κ1) is 30.9. The molecule has 0 saturated carbocycles. The van der Waals surface area contributed by atoms with Gasteiger partial charge in [0.1, 0.15) is 0 Å². The van der Waals surface area contributed by atoms with Gasteiger partial charge in [0.15, 0.2) is 0 Å². The van der Waals surface area contributed by atoms with E-state index in [0.717, 1.165) is 22.4 Å². The van der Waals surface area contributed by atoms with Crippen LogP contribution in [0.2, 0.25) is 10.0 Å². The number of halogens is 2. The highest BCUT2D eigenvalue weighted by molar-refractivity contribution is 7.89. The molecule has 4 aromatic rings. The molecule has 1 atom stereocenters. The minimum Gasteiger partial charge on any atom is -0.388 e. The Morgan fingerprint density at radius 2 is 1.51 bits per heavy atom. The predicted octanol–water partition coefficient (Wildman–Crippen LogP) is 7.71. The van der Waals surface area contributed by atoms with Crippen molar-refractivity contribution in [3.63, 3.8) is 0 Å². The molecule has 1 fully saturated rings. The Labute approximate surface area is 263 Å². The minimum absolute atomic E-state index is 0.0204. The Morgan fingerprint density at radius 3 is 2.16 bits per heavy atom. The fraction of sp³-hybridized carbons (Fsp3) is 0.242. The second kappa shape index (κ2) is 13.8. The van der Waals surface area contributed by atoms with Gasteiger partial charge in [-0.2, -0.15) is 4.31 Å². The van der Waals surface area contributed by atoms with Crippen molar-refractivity contribution in [2.45, 2.75) is 23.7 Å². The normalized spacial score (nSPS) is 15.0. The van der Waals surface area contributed by atoms with Gasteiger partial charge in [0.25, 0.3) is 0 Å². The number of urea groups is 1. The molecular formula is C33H34Cl2N4O3S. The first-order chi connectivity index (χ1) is 20.7. The number of benzene rings is 4. The maximum absolute atomic E-state index is 13.2. The van der Waals surface area contributed by atoms with E-state index in [1.807, 2.05) is 25.2 Å². The number of sulfonamides is 1. The van der Waals surface area contributed by atoms with Crippen LogP contribution in [-0.4, -0.2) is 45.4 Å². The zero-order valence-corrected chi connectivity index (χ0v) is 26.1. The van der Waals surface area contributed by atoms with Gasteiger partial charge in [-0.3, -0.25) is 0 Å². The van der Waals surface area contributed by atoms with E-state index in [4.69, 9.17) is 23.2 Å². The maximum atomic E-state index is 13.2. The number of nitrogens with zero attached hydrogens (tertiary/aromatic N) is 1. The molecule has 5 rings (SSSR count). The maximum Gasteiger partial charge on any atom is 0.319 e. The highest BCUT2D eigenvalue weighted by Crippen LogP contribution is 2.35. The van der Waals surface area contributed by atoms with Crippen molar-refractivity contribution < 1.29 is 13.2 Å². The molecule has 1 heterocycles. The summed E-state index contributed by atoms with van der Waals surface area (Å²) in [5, 5.41) is 9.86. The Hall–Kier alpha value is -3.56. The van der Waals surface area contributed by atoms with Crippen molar-refractivity contribution in [2.75, 3.05) is 37.3 Å². The van der Waals surface area contributed by atoms with Crippen molar-refractivity contribution in [1.29, 1.82) is 0 Å². The Morgan fingerprint density at radius 1 is 0.837 bits per heavy atom. The zero-order valence-electron chi connectivity index (χ0n) is 23.8. The fourth-order valence-corrected chi connectivity index (χ4v) is 7.61. The molecule has 1 aliphatic rings. The summed E-state index contributed by atoms with van der Waals surface area (Å²) in [6.07, 6.45) is 1.35. The van der Waals surface area contributed by atoms with Gasteiger partial charge in [0, 0.05) is 54.0 Å². The summed E-state index contributed by atoms with van der Waals surface area (Å²) < 4.78 is 28.0. The molecule has 0 aliphatic carbocycles. The molecule has 224 valence electrons. The van der Waals surface area contributed by atoms with Gasteiger partial charge in [0.05, 0.1) is 4.90 Å². The lowest BCUT2D eigenvalue weighted by molar-refractivity contribution is 0.233. The van der Waals surface area contributed by atoms with Crippen LogP contribution in [0.3, 0.4) is 0 Å². The van der Waals surface area contributed by atoms with Gasteiger partial charge in [-0.25, -0.2) is 13.2 Å². The number of carbonyl (C=O) groups is 1. The van der Waals surface area contributed by atoms with Crippen molar-refractivity contribution >= 4 is 50.6 Å². The summed E-state index contributed by atoms with van der Waals surface area (Å²) in [6.45, 7) is 1.21. The van der Waals surface area contributed by atoms with E-state index in [0.29, 0.717) is 53.1 Å². The minimum atomic E-state index is -3.56. The van der Waals surface area contributed by atoms with Crippen LogP contribution in [-0.2, 0) is 10.0 Å². The van der Waals surface area contributed by atoms with Crippen molar-refractivity contribution in [3.8, 4) is 11.1 Å². The molecular weight excluding hydrogens is 603 g/mol. The lowest BCUT2D eigenvalue weighted by atomic mass is 9.80. The third-order valence-electron chi connectivity index (χ3n) is 7.87. The van der Waals surface area contributed by atoms with Gasteiger partial charge >= 0.3 is 6.03 Å². The second-order valence-corrected chi connectivity index (χ2v) is 13.4. The molecule has 1 unspecified atom stereocenters. The lowest BCUT2D eigenvalue weighted by Gasteiger charge is -2.36. The molecule has 0 spiro atoms. The van der Waals surface area contributed by atoms with Gasteiger partial charge in [-0.1, -0.05) is 77.8 Å². The van der Waals surface area contributed by atoms with E-state index in [1.54, 1.807) is 46.8 Å². The van der Waals surface area contributed by atoms with Gasteiger partial charge < -0.3 is 16.0 Å². The molecule has 4 aromatic carbocycles. The van der Waals surface area contributed by atoms with Gasteiger partial charge in [0.2, 0.25) is 10.0 Å². The molecule has 0 bridgehead atoms. The topological polar surface area (TPSA) is 90.5 Å². The number of hydrogen-bond acceptors (Lipinski definition) is 4. The molecule has 43 heavy (non-hydrogen) atoms. The number of hydrogen-bond donors (Lipinski definition) is 3. The fourth-order valence-electron chi connectivity index (χ4n) is 5.60. The number of rotatable bonds is 9. The highest BCUT2D eigenvalue weighted by Gasteiger charge is 2.33. The van der Waals surface area contributed by atoms with Crippen LogP contribution in [0.4, 0.5) is 16.2 Å². The molecule has 0 radical (unpaired) electrons. The van der Waals surface area contributed by atoms with E-state index in [9.17, 15) is 13.2 Å². The number of carbonyl (C=O) groups excluding carboxylic acids is 1. The van der Waals surface area contributed by atoms with Gasteiger partial charge in [-0.05, 0) is 77.9 Å². The second-order valence-electron chi connectivity index (χ2n) is 10.6. The molecule has 0 aromatic heterocycles. The smallest absolute Gasteiger partial charge is 0.319 e. The van der Waals surface area contributed by atoms with Crippen LogP contribution in [0.25, 0.3) is 11.1 Å². The van der Waals surface area contributed by atoms with Crippen LogP contribution in [0, 0.1) is 5.92 Å². The summed E-state index contributed by atoms with van der Waals surface area (Å²) in [6, 6.07) is 29.7. The molecule has 2 amide bonds. The number of amides is 2. The van der Waals surface area contributed by atoms with Crippen LogP contribution >= 0.6 is 23.2 Å². The zero-order chi connectivity index (χ0) is 30.4. The van der Waals surface area contributed by atoms with E-state index in [2.05, 4.69) is 52.3 Å². The van der Waals surface area contributed by atoms with Crippen molar-refractivity contribution in [1.82, 2.24) is 9.62 Å². The molecule has 1 aliphatic heterocycles. The Bertz CT molecular complexity index is 1640. The summed E-state index contributed by atoms with van der Waals surface area (Å²) in [5.41, 5.74) is 4.81. The monoisotopic (exact) mass is 636 g/mol.